The Morgan fingerprint density at radius 1 is 1.29 bits per heavy atom. The predicted molar refractivity (Wildman–Crippen MR) is 70.2 cm³/mol. The average molecular weight is 236 g/mol. The Morgan fingerprint density at radius 2 is 2.06 bits per heavy atom. The van der Waals surface area contributed by atoms with Crippen LogP contribution in [0.4, 0.5) is 0 Å². The SMILES string of the molecule is Cc1cc(CNCCCN2CCCC2)c(C)o1. The maximum Gasteiger partial charge on any atom is 0.105 e. The van der Waals surface area contributed by atoms with E-state index in [4.69, 9.17) is 4.42 Å². The molecule has 3 nitrogen and oxygen atoms in total. The molecule has 0 atom stereocenters. The summed E-state index contributed by atoms with van der Waals surface area (Å²) in [6.45, 7) is 9.93. The van der Waals surface area contributed by atoms with Crippen molar-refractivity contribution in [3.8, 4) is 0 Å². The fourth-order valence-corrected chi connectivity index (χ4v) is 2.52. The van der Waals surface area contributed by atoms with E-state index in [1.54, 1.807) is 0 Å². The molecule has 0 spiro atoms. The highest BCUT2D eigenvalue weighted by atomic mass is 16.3. The van der Waals surface area contributed by atoms with Crippen molar-refractivity contribution in [1.82, 2.24) is 10.2 Å². The van der Waals surface area contributed by atoms with Gasteiger partial charge in [0.05, 0.1) is 0 Å². The Morgan fingerprint density at radius 3 is 2.71 bits per heavy atom. The van der Waals surface area contributed by atoms with Gasteiger partial charge in [-0.15, -0.1) is 0 Å². The van der Waals surface area contributed by atoms with Crippen LogP contribution in [0.3, 0.4) is 0 Å². The fraction of sp³-hybridized carbons (Fsp3) is 0.714. The zero-order chi connectivity index (χ0) is 12.1. The van der Waals surface area contributed by atoms with E-state index in [-0.39, 0.29) is 0 Å². The zero-order valence-corrected chi connectivity index (χ0v) is 11.1. The summed E-state index contributed by atoms with van der Waals surface area (Å²) in [4.78, 5) is 2.56. The molecule has 0 bridgehead atoms. The van der Waals surface area contributed by atoms with E-state index in [0.717, 1.165) is 24.6 Å². The molecule has 1 fully saturated rings. The number of nitrogens with zero attached hydrogens (tertiary/aromatic N) is 1. The molecule has 1 N–H and O–H groups in total. The van der Waals surface area contributed by atoms with Crippen LogP contribution >= 0.6 is 0 Å². The summed E-state index contributed by atoms with van der Waals surface area (Å²) in [5.74, 6) is 2.06. The average Bonchev–Trinajstić information content (AvgIpc) is 2.89. The van der Waals surface area contributed by atoms with Crippen LogP contribution in [0.25, 0.3) is 0 Å². The van der Waals surface area contributed by atoms with Crippen LogP contribution in [-0.2, 0) is 6.54 Å². The number of furan rings is 1. The molecule has 2 heterocycles. The molecule has 0 amide bonds. The molecule has 3 heteroatoms. The van der Waals surface area contributed by atoms with Crippen molar-refractivity contribution in [2.75, 3.05) is 26.2 Å². The van der Waals surface area contributed by atoms with Gasteiger partial charge in [0.25, 0.3) is 0 Å². The van der Waals surface area contributed by atoms with E-state index in [9.17, 15) is 0 Å². The van der Waals surface area contributed by atoms with Crippen molar-refractivity contribution in [3.05, 3.63) is 23.2 Å². The lowest BCUT2D eigenvalue weighted by molar-refractivity contribution is 0.331. The Balaban J connectivity index is 1.58. The monoisotopic (exact) mass is 236 g/mol. The first kappa shape index (κ1) is 12.7. The largest absolute Gasteiger partial charge is 0.466 e. The minimum atomic E-state index is 0.934. The summed E-state index contributed by atoms with van der Waals surface area (Å²) in [7, 11) is 0. The lowest BCUT2D eigenvalue weighted by Crippen LogP contribution is -2.24. The van der Waals surface area contributed by atoms with Crippen LogP contribution in [0.1, 0.15) is 36.3 Å². The van der Waals surface area contributed by atoms with E-state index < -0.39 is 0 Å². The molecule has 96 valence electrons. The summed E-state index contributed by atoms with van der Waals surface area (Å²) in [6.07, 6.45) is 4.03. The van der Waals surface area contributed by atoms with Gasteiger partial charge >= 0.3 is 0 Å². The van der Waals surface area contributed by atoms with Crippen LogP contribution in [0.5, 0.6) is 0 Å². The quantitative estimate of drug-likeness (QED) is 0.769. The number of likely N-dealkylation sites (tertiary alicyclic amines) is 1. The van der Waals surface area contributed by atoms with Crippen LogP contribution in [-0.4, -0.2) is 31.1 Å². The topological polar surface area (TPSA) is 28.4 Å². The number of rotatable bonds is 6. The van der Waals surface area contributed by atoms with Crippen molar-refractivity contribution in [3.63, 3.8) is 0 Å². The van der Waals surface area contributed by atoms with Crippen molar-refractivity contribution < 1.29 is 4.42 Å². The van der Waals surface area contributed by atoms with Crippen LogP contribution in [0.15, 0.2) is 10.5 Å². The van der Waals surface area contributed by atoms with Gasteiger partial charge in [0, 0.05) is 12.1 Å². The van der Waals surface area contributed by atoms with Gasteiger partial charge in [-0.3, -0.25) is 0 Å². The molecule has 1 aliphatic heterocycles. The maximum atomic E-state index is 5.50. The molecule has 0 saturated carbocycles. The summed E-state index contributed by atoms with van der Waals surface area (Å²) in [5.41, 5.74) is 1.30. The molecular formula is C14H24N2O. The third-order valence-electron chi connectivity index (χ3n) is 3.49. The van der Waals surface area contributed by atoms with Crippen molar-refractivity contribution in [2.45, 2.75) is 39.7 Å². The molecule has 1 aliphatic rings. The van der Waals surface area contributed by atoms with Gasteiger partial charge in [-0.1, -0.05) is 0 Å². The Bertz CT molecular complexity index is 340. The second-order valence-corrected chi connectivity index (χ2v) is 5.02. The van der Waals surface area contributed by atoms with Gasteiger partial charge in [0.2, 0.25) is 0 Å². The van der Waals surface area contributed by atoms with Gasteiger partial charge in [0.1, 0.15) is 11.5 Å². The van der Waals surface area contributed by atoms with Gasteiger partial charge < -0.3 is 14.6 Å². The summed E-state index contributed by atoms with van der Waals surface area (Å²) >= 11 is 0. The summed E-state index contributed by atoms with van der Waals surface area (Å²) in [6, 6.07) is 2.13. The highest BCUT2D eigenvalue weighted by molar-refractivity contribution is 5.19. The highest BCUT2D eigenvalue weighted by Gasteiger charge is 2.10. The van der Waals surface area contributed by atoms with E-state index in [1.165, 1.54) is 44.5 Å². The number of hydrogen-bond donors (Lipinski definition) is 1. The molecule has 0 radical (unpaired) electrons. The first-order chi connectivity index (χ1) is 8.25. The first-order valence-electron chi connectivity index (χ1n) is 6.74. The van der Waals surface area contributed by atoms with Crippen molar-refractivity contribution in [1.29, 1.82) is 0 Å². The molecule has 0 aromatic carbocycles. The van der Waals surface area contributed by atoms with E-state index in [2.05, 4.69) is 16.3 Å². The maximum absolute atomic E-state index is 5.50. The molecule has 2 rings (SSSR count). The lowest BCUT2D eigenvalue weighted by Gasteiger charge is -2.14. The fourth-order valence-electron chi connectivity index (χ4n) is 2.52. The van der Waals surface area contributed by atoms with Crippen molar-refractivity contribution >= 4 is 0 Å². The molecule has 17 heavy (non-hydrogen) atoms. The van der Waals surface area contributed by atoms with E-state index in [1.807, 2.05) is 13.8 Å². The third-order valence-corrected chi connectivity index (χ3v) is 3.49. The zero-order valence-electron chi connectivity index (χ0n) is 11.1. The summed E-state index contributed by atoms with van der Waals surface area (Å²) < 4.78 is 5.50. The smallest absolute Gasteiger partial charge is 0.105 e. The molecule has 1 aromatic rings. The van der Waals surface area contributed by atoms with Gasteiger partial charge in [-0.25, -0.2) is 0 Å². The molecule has 0 aliphatic carbocycles. The highest BCUT2D eigenvalue weighted by Crippen LogP contribution is 2.13. The molecule has 1 aromatic heterocycles. The van der Waals surface area contributed by atoms with Gasteiger partial charge in [-0.2, -0.15) is 0 Å². The Hall–Kier alpha value is -0.800. The third kappa shape index (κ3) is 3.86. The normalized spacial score (nSPS) is 16.8. The first-order valence-corrected chi connectivity index (χ1v) is 6.74. The molecule has 0 unspecified atom stereocenters. The Labute approximate surface area is 104 Å². The predicted octanol–water partition coefficient (Wildman–Crippen LogP) is 2.47. The van der Waals surface area contributed by atoms with Crippen LogP contribution < -0.4 is 5.32 Å². The van der Waals surface area contributed by atoms with Gasteiger partial charge in [0.15, 0.2) is 0 Å². The number of aryl methyl sites for hydroxylation is 2. The van der Waals surface area contributed by atoms with Crippen LogP contribution in [0.2, 0.25) is 0 Å². The lowest BCUT2D eigenvalue weighted by atomic mass is 10.2. The second kappa shape index (κ2) is 6.22. The molecular weight excluding hydrogens is 212 g/mol. The molecule has 1 saturated heterocycles. The van der Waals surface area contributed by atoms with E-state index in [0.29, 0.717) is 0 Å². The number of nitrogens with one attached hydrogen (secondary N) is 1. The minimum absolute atomic E-state index is 0.934. The van der Waals surface area contributed by atoms with E-state index >= 15 is 0 Å². The minimum Gasteiger partial charge on any atom is -0.466 e. The van der Waals surface area contributed by atoms with Gasteiger partial charge in [-0.05, 0) is 65.4 Å². The van der Waals surface area contributed by atoms with Crippen LogP contribution in [0, 0.1) is 13.8 Å². The second-order valence-electron chi connectivity index (χ2n) is 5.02. The number of hydrogen-bond acceptors (Lipinski definition) is 3. The Kier molecular flexibility index (Phi) is 4.63. The summed E-state index contributed by atoms with van der Waals surface area (Å²) in [5, 5.41) is 3.49. The van der Waals surface area contributed by atoms with Crippen molar-refractivity contribution in [2.24, 2.45) is 0 Å². The standard InChI is InChI=1S/C14H24N2O/c1-12-10-14(13(2)17-12)11-15-6-5-9-16-7-3-4-8-16/h10,15H,3-9,11H2,1-2H3.